The van der Waals surface area contributed by atoms with Crippen LogP contribution in [0.5, 0.6) is 0 Å². The summed E-state index contributed by atoms with van der Waals surface area (Å²) in [5, 5.41) is 11.1. The minimum Gasteiger partial charge on any atom is -0.379 e. The smallest absolute Gasteiger partial charge is 0.315 e. The standard InChI is InChI=1S/C24H32N4O3S/c29-22(25-18-20(21-9-6-16-32-21)28-12-14-31-15-13-28)24(10-4-5-11-24)27-23(30)26-17-19-7-2-1-3-8-19/h1-3,6-9,16,20H,4-5,10-15,17-18H2,(H,25,29)(H2,26,27,30)/t20-/m0/s1. The summed E-state index contributed by atoms with van der Waals surface area (Å²) in [4.78, 5) is 29.6. The average molecular weight is 457 g/mol. The number of hydrogen-bond donors (Lipinski definition) is 3. The molecule has 32 heavy (non-hydrogen) atoms. The molecule has 1 aromatic carbocycles. The number of thiophene rings is 1. The van der Waals surface area contributed by atoms with Gasteiger partial charge >= 0.3 is 6.03 Å². The second kappa shape index (κ2) is 10.9. The molecule has 1 aliphatic carbocycles. The quantitative estimate of drug-likeness (QED) is 0.570. The molecule has 1 aliphatic heterocycles. The summed E-state index contributed by atoms with van der Waals surface area (Å²) in [6, 6.07) is 13.8. The maximum absolute atomic E-state index is 13.3. The van der Waals surface area contributed by atoms with E-state index in [0.717, 1.165) is 31.5 Å². The molecule has 1 saturated carbocycles. The molecule has 7 nitrogen and oxygen atoms in total. The van der Waals surface area contributed by atoms with Crippen LogP contribution in [0.15, 0.2) is 47.8 Å². The van der Waals surface area contributed by atoms with Gasteiger partial charge in [-0.2, -0.15) is 0 Å². The fourth-order valence-corrected chi connectivity index (χ4v) is 5.43. The SMILES string of the molecule is O=C(NCc1ccccc1)NC1(C(=O)NC[C@@H](c2cccs2)N2CCOCC2)CCCC1. The van der Waals surface area contributed by atoms with E-state index in [1.165, 1.54) is 4.88 Å². The van der Waals surface area contributed by atoms with E-state index in [2.05, 4.69) is 32.3 Å². The van der Waals surface area contributed by atoms with Gasteiger partial charge in [-0.15, -0.1) is 11.3 Å². The van der Waals surface area contributed by atoms with Gasteiger partial charge in [-0.05, 0) is 29.9 Å². The average Bonchev–Trinajstić information content (AvgIpc) is 3.53. The lowest BCUT2D eigenvalue weighted by atomic mass is 9.96. The van der Waals surface area contributed by atoms with E-state index in [9.17, 15) is 9.59 Å². The van der Waals surface area contributed by atoms with E-state index in [1.54, 1.807) is 11.3 Å². The van der Waals surface area contributed by atoms with Crippen LogP contribution >= 0.6 is 11.3 Å². The monoisotopic (exact) mass is 456 g/mol. The van der Waals surface area contributed by atoms with Gasteiger partial charge in [0.1, 0.15) is 5.54 Å². The van der Waals surface area contributed by atoms with Gasteiger partial charge in [-0.1, -0.05) is 49.2 Å². The van der Waals surface area contributed by atoms with Crippen molar-refractivity contribution in [3.05, 3.63) is 58.3 Å². The highest BCUT2D eigenvalue weighted by Gasteiger charge is 2.42. The first-order chi connectivity index (χ1) is 15.7. The Bertz CT molecular complexity index is 863. The molecule has 172 valence electrons. The Morgan fingerprint density at radius 3 is 2.47 bits per heavy atom. The van der Waals surface area contributed by atoms with Crippen LogP contribution in [0.3, 0.4) is 0 Å². The Kier molecular flexibility index (Phi) is 7.78. The second-order valence-electron chi connectivity index (χ2n) is 8.47. The van der Waals surface area contributed by atoms with Gasteiger partial charge in [0.25, 0.3) is 0 Å². The molecule has 0 radical (unpaired) electrons. The topological polar surface area (TPSA) is 82.7 Å². The van der Waals surface area contributed by atoms with E-state index < -0.39 is 5.54 Å². The molecule has 2 aromatic rings. The van der Waals surface area contributed by atoms with Crippen LogP contribution in [-0.4, -0.2) is 55.2 Å². The molecule has 1 atom stereocenters. The number of rotatable bonds is 8. The summed E-state index contributed by atoms with van der Waals surface area (Å²) in [6.07, 6.45) is 3.20. The zero-order valence-corrected chi connectivity index (χ0v) is 19.2. The van der Waals surface area contributed by atoms with Crippen molar-refractivity contribution < 1.29 is 14.3 Å². The lowest BCUT2D eigenvalue weighted by Gasteiger charge is -2.35. The lowest BCUT2D eigenvalue weighted by molar-refractivity contribution is -0.127. The van der Waals surface area contributed by atoms with Gasteiger partial charge in [0.2, 0.25) is 5.91 Å². The predicted octanol–water partition coefficient (Wildman–Crippen LogP) is 3.05. The molecule has 1 aromatic heterocycles. The molecule has 8 heteroatoms. The Morgan fingerprint density at radius 1 is 1.03 bits per heavy atom. The number of morpholine rings is 1. The zero-order valence-electron chi connectivity index (χ0n) is 18.3. The Balaban J connectivity index is 1.37. The second-order valence-corrected chi connectivity index (χ2v) is 9.45. The largest absolute Gasteiger partial charge is 0.379 e. The van der Waals surface area contributed by atoms with Crippen molar-refractivity contribution in [2.45, 2.75) is 43.8 Å². The molecule has 1 saturated heterocycles. The van der Waals surface area contributed by atoms with Crippen molar-refractivity contribution in [2.24, 2.45) is 0 Å². The number of amides is 3. The van der Waals surface area contributed by atoms with E-state index in [-0.39, 0.29) is 18.0 Å². The van der Waals surface area contributed by atoms with Gasteiger partial charge in [0.15, 0.2) is 0 Å². The third kappa shape index (κ3) is 5.68. The van der Waals surface area contributed by atoms with E-state index >= 15 is 0 Å². The Labute approximate surface area is 193 Å². The van der Waals surface area contributed by atoms with Crippen molar-refractivity contribution in [1.82, 2.24) is 20.9 Å². The van der Waals surface area contributed by atoms with Gasteiger partial charge in [0, 0.05) is 31.1 Å². The maximum atomic E-state index is 13.3. The van der Waals surface area contributed by atoms with Crippen molar-refractivity contribution in [3.63, 3.8) is 0 Å². The number of urea groups is 1. The third-order valence-corrected chi connectivity index (χ3v) is 7.33. The van der Waals surface area contributed by atoms with Crippen LogP contribution in [0.2, 0.25) is 0 Å². The molecule has 0 unspecified atom stereocenters. The minimum atomic E-state index is -0.841. The van der Waals surface area contributed by atoms with Crippen LogP contribution in [0.4, 0.5) is 4.79 Å². The maximum Gasteiger partial charge on any atom is 0.315 e. The van der Waals surface area contributed by atoms with Crippen LogP contribution in [0, 0.1) is 0 Å². The molecule has 2 aliphatic rings. The molecular weight excluding hydrogens is 424 g/mol. The van der Waals surface area contributed by atoms with Crippen LogP contribution in [-0.2, 0) is 16.1 Å². The molecule has 0 spiro atoms. The van der Waals surface area contributed by atoms with Crippen LogP contribution in [0.1, 0.15) is 42.2 Å². The fraction of sp³-hybridized carbons (Fsp3) is 0.500. The summed E-state index contributed by atoms with van der Waals surface area (Å²) >= 11 is 1.71. The molecule has 2 fully saturated rings. The third-order valence-electron chi connectivity index (χ3n) is 6.35. The van der Waals surface area contributed by atoms with Crippen LogP contribution < -0.4 is 16.0 Å². The van der Waals surface area contributed by atoms with Crippen molar-refractivity contribution >= 4 is 23.3 Å². The summed E-state index contributed by atoms with van der Waals surface area (Å²) in [5.74, 6) is -0.0836. The summed E-state index contributed by atoms with van der Waals surface area (Å²) in [5.41, 5.74) is 0.183. The van der Waals surface area contributed by atoms with Crippen LogP contribution in [0.25, 0.3) is 0 Å². The molecule has 0 bridgehead atoms. The zero-order chi connectivity index (χ0) is 22.2. The number of nitrogens with zero attached hydrogens (tertiary/aromatic N) is 1. The van der Waals surface area contributed by atoms with E-state index in [0.29, 0.717) is 39.1 Å². The summed E-state index contributed by atoms with van der Waals surface area (Å²) in [6.45, 7) is 4.08. The molecular formula is C24H32N4O3S. The number of ether oxygens (including phenoxy) is 1. The molecule has 2 heterocycles. The first kappa shape index (κ1) is 22.8. The predicted molar refractivity (Wildman–Crippen MR) is 125 cm³/mol. The normalized spacial score (nSPS) is 19.2. The minimum absolute atomic E-state index is 0.0836. The van der Waals surface area contributed by atoms with E-state index in [1.807, 2.05) is 36.4 Å². The first-order valence-corrected chi connectivity index (χ1v) is 12.3. The number of nitrogens with one attached hydrogen (secondary N) is 3. The number of benzene rings is 1. The first-order valence-electron chi connectivity index (χ1n) is 11.4. The molecule has 3 amide bonds. The highest BCUT2D eigenvalue weighted by atomic mass is 32.1. The lowest BCUT2D eigenvalue weighted by Crippen LogP contribution is -2.60. The van der Waals surface area contributed by atoms with E-state index in [4.69, 9.17) is 4.74 Å². The number of hydrogen-bond acceptors (Lipinski definition) is 5. The fourth-order valence-electron chi connectivity index (χ4n) is 4.57. The van der Waals surface area contributed by atoms with Crippen molar-refractivity contribution in [3.8, 4) is 0 Å². The highest BCUT2D eigenvalue weighted by Crippen LogP contribution is 2.31. The summed E-state index contributed by atoms with van der Waals surface area (Å²) < 4.78 is 5.51. The van der Waals surface area contributed by atoms with Gasteiger partial charge in [0.05, 0.1) is 19.3 Å². The number of carbonyl (C=O) groups excluding carboxylic acids is 2. The Morgan fingerprint density at radius 2 is 1.78 bits per heavy atom. The number of carbonyl (C=O) groups is 2. The Hall–Kier alpha value is -2.42. The highest BCUT2D eigenvalue weighted by molar-refractivity contribution is 7.10. The van der Waals surface area contributed by atoms with Gasteiger partial charge < -0.3 is 20.7 Å². The molecule has 4 rings (SSSR count). The van der Waals surface area contributed by atoms with Gasteiger partial charge in [-0.25, -0.2) is 4.79 Å². The molecule has 3 N–H and O–H groups in total. The summed E-state index contributed by atoms with van der Waals surface area (Å²) in [7, 11) is 0. The van der Waals surface area contributed by atoms with Gasteiger partial charge in [-0.3, -0.25) is 9.69 Å². The van der Waals surface area contributed by atoms with Crippen molar-refractivity contribution in [2.75, 3.05) is 32.8 Å². The van der Waals surface area contributed by atoms with Crippen molar-refractivity contribution in [1.29, 1.82) is 0 Å².